The lowest BCUT2D eigenvalue weighted by atomic mass is 10.1. The van der Waals surface area contributed by atoms with E-state index in [9.17, 15) is 4.79 Å². The molecule has 0 saturated carbocycles. The summed E-state index contributed by atoms with van der Waals surface area (Å²) in [6.45, 7) is 6.17. The van der Waals surface area contributed by atoms with E-state index in [1.165, 1.54) is 0 Å². The Labute approximate surface area is 70.5 Å². The van der Waals surface area contributed by atoms with E-state index in [-0.39, 0.29) is 11.9 Å². The summed E-state index contributed by atoms with van der Waals surface area (Å²) in [6, 6.07) is 0.269. The van der Waals surface area contributed by atoms with Gasteiger partial charge in [0.25, 0.3) is 0 Å². The van der Waals surface area contributed by atoms with E-state index in [4.69, 9.17) is 0 Å². The van der Waals surface area contributed by atoms with Crippen molar-refractivity contribution < 1.29 is 4.79 Å². The largest absolute Gasteiger partial charge is 0.353 e. The van der Waals surface area contributed by atoms with Gasteiger partial charge in [0.05, 0.1) is 5.33 Å². The Kier molecular flexibility index (Phi) is 4.69. The highest BCUT2D eigenvalue weighted by atomic mass is 79.9. The van der Waals surface area contributed by atoms with Crippen LogP contribution in [0.15, 0.2) is 0 Å². The SMILES string of the molecule is CC(C)[C@@H](C)NC(=O)CBr. The molecule has 0 aromatic carbocycles. The number of hydrogen-bond acceptors (Lipinski definition) is 1. The monoisotopic (exact) mass is 207 g/mol. The number of carbonyl (C=O) groups is 1. The maximum Gasteiger partial charge on any atom is 0.230 e. The van der Waals surface area contributed by atoms with Gasteiger partial charge in [0.2, 0.25) is 5.91 Å². The van der Waals surface area contributed by atoms with Crippen molar-refractivity contribution in [2.24, 2.45) is 5.92 Å². The van der Waals surface area contributed by atoms with E-state index in [1.54, 1.807) is 0 Å². The molecule has 0 aliphatic heterocycles. The van der Waals surface area contributed by atoms with Gasteiger partial charge in [-0.25, -0.2) is 0 Å². The van der Waals surface area contributed by atoms with Crippen molar-refractivity contribution in [2.45, 2.75) is 26.8 Å². The van der Waals surface area contributed by atoms with E-state index in [2.05, 4.69) is 35.1 Å². The van der Waals surface area contributed by atoms with Gasteiger partial charge in [0.15, 0.2) is 0 Å². The van der Waals surface area contributed by atoms with E-state index >= 15 is 0 Å². The Morgan fingerprint density at radius 2 is 2.00 bits per heavy atom. The first kappa shape index (κ1) is 9.95. The molecule has 0 spiro atoms. The van der Waals surface area contributed by atoms with Crippen molar-refractivity contribution in [3.05, 3.63) is 0 Å². The minimum absolute atomic E-state index is 0.0567. The zero-order valence-electron chi connectivity index (χ0n) is 6.65. The number of rotatable bonds is 3. The third kappa shape index (κ3) is 3.88. The maximum absolute atomic E-state index is 10.8. The molecular weight excluding hydrogens is 194 g/mol. The summed E-state index contributed by atoms with van der Waals surface area (Å²) >= 11 is 3.08. The molecule has 0 aromatic rings. The molecule has 0 saturated heterocycles. The van der Waals surface area contributed by atoms with Crippen molar-refractivity contribution in [1.29, 1.82) is 0 Å². The number of halogens is 1. The lowest BCUT2D eigenvalue weighted by Gasteiger charge is -2.16. The van der Waals surface area contributed by atoms with Crippen LogP contribution in [0.5, 0.6) is 0 Å². The molecule has 2 nitrogen and oxygen atoms in total. The van der Waals surface area contributed by atoms with Crippen LogP contribution in [0.3, 0.4) is 0 Å². The van der Waals surface area contributed by atoms with Gasteiger partial charge in [-0.2, -0.15) is 0 Å². The van der Waals surface area contributed by atoms with E-state index in [0.717, 1.165) is 0 Å². The van der Waals surface area contributed by atoms with Crippen molar-refractivity contribution in [3.63, 3.8) is 0 Å². The van der Waals surface area contributed by atoms with Crippen LogP contribution in [-0.2, 0) is 4.79 Å². The van der Waals surface area contributed by atoms with Gasteiger partial charge in [-0.1, -0.05) is 29.8 Å². The fourth-order valence-corrected chi connectivity index (χ4v) is 0.621. The molecular formula is C7H14BrNO. The average Bonchev–Trinajstić information content (AvgIpc) is 1.87. The predicted molar refractivity (Wildman–Crippen MR) is 46.2 cm³/mol. The number of hydrogen-bond donors (Lipinski definition) is 1. The van der Waals surface area contributed by atoms with Crippen LogP contribution >= 0.6 is 15.9 Å². The summed E-state index contributed by atoms with van der Waals surface area (Å²) in [6.07, 6.45) is 0. The Morgan fingerprint density at radius 1 is 1.50 bits per heavy atom. The molecule has 0 aromatic heterocycles. The molecule has 3 heteroatoms. The third-order valence-corrected chi connectivity index (χ3v) is 2.02. The summed E-state index contributed by atoms with van der Waals surface area (Å²) in [5, 5.41) is 3.24. The summed E-state index contributed by atoms with van der Waals surface area (Å²) < 4.78 is 0. The van der Waals surface area contributed by atoms with Gasteiger partial charge in [-0.15, -0.1) is 0 Å². The summed E-state index contributed by atoms with van der Waals surface area (Å²) in [5.74, 6) is 0.559. The molecule has 0 unspecified atom stereocenters. The van der Waals surface area contributed by atoms with Gasteiger partial charge in [0, 0.05) is 6.04 Å². The quantitative estimate of drug-likeness (QED) is 0.700. The molecule has 1 N–H and O–H groups in total. The molecule has 1 atom stereocenters. The number of nitrogens with one attached hydrogen (secondary N) is 1. The normalized spacial score (nSPS) is 13.3. The summed E-state index contributed by atoms with van der Waals surface area (Å²) in [4.78, 5) is 10.8. The lowest BCUT2D eigenvalue weighted by molar-refractivity contribution is -0.119. The molecule has 0 rings (SSSR count). The fourth-order valence-electron chi connectivity index (χ4n) is 0.459. The predicted octanol–water partition coefficient (Wildman–Crippen LogP) is 1.54. The van der Waals surface area contributed by atoms with Crippen LogP contribution < -0.4 is 5.32 Å². The Bertz CT molecular complexity index is 114. The average molecular weight is 208 g/mol. The summed E-state index contributed by atoms with van der Waals surface area (Å²) in [5.41, 5.74) is 0. The molecule has 0 aliphatic carbocycles. The Morgan fingerprint density at radius 3 is 2.30 bits per heavy atom. The smallest absolute Gasteiger partial charge is 0.230 e. The molecule has 0 aliphatic rings. The highest BCUT2D eigenvalue weighted by Crippen LogP contribution is 1.99. The van der Waals surface area contributed by atoms with Gasteiger partial charge in [-0.05, 0) is 12.8 Å². The molecule has 1 amide bonds. The van der Waals surface area contributed by atoms with Crippen LogP contribution in [-0.4, -0.2) is 17.3 Å². The van der Waals surface area contributed by atoms with Crippen LogP contribution in [0.4, 0.5) is 0 Å². The number of amides is 1. The Balaban J connectivity index is 3.57. The van der Waals surface area contributed by atoms with Crippen molar-refractivity contribution in [2.75, 3.05) is 5.33 Å². The van der Waals surface area contributed by atoms with Crippen LogP contribution in [0.2, 0.25) is 0 Å². The molecule has 60 valence electrons. The standard InChI is InChI=1S/C7H14BrNO/c1-5(2)6(3)9-7(10)4-8/h5-6H,4H2,1-3H3,(H,9,10)/t6-/m1/s1. The zero-order valence-corrected chi connectivity index (χ0v) is 8.23. The number of carbonyl (C=O) groups excluding carboxylic acids is 1. The molecule has 0 bridgehead atoms. The Hall–Kier alpha value is -0.0500. The highest BCUT2D eigenvalue weighted by molar-refractivity contribution is 9.09. The van der Waals surface area contributed by atoms with Crippen molar-refractivity contribution in [1.82, 2.24) is 5.32 Å². The molecule has 0 heterocycles. The van der Waals surface area contributed by atoms with Crippen molar-refractivity contribution >= 4 is 21.8 Å². The maximum atomic E-state index is 10.8. The van der Waals surface area contributed by atoms with Crippen LogP contribution in [0.1, 0.15) is 20.8 Å². The highest BCUT2D eigenvalue weighted by Gasteiger charge is 2.08. The first-order valence-corrected chi connectivity index (χ1v) is 4.55. The van der Waals surface area contributed by atoms with Gasteiger partial charge < -0.3 is 5.32 Å². The molecule has 10 heavy (non-hydrogen) atoms. The fraction of sp³-hybridized carbons (Fsp3) is 0.857. The second-order valence-electron chi connectivity index (χ2n) is 2.73. The van der Waals surface area contributed by atoms with Gasteiger partial charge in [-0.3, -0.25) is 4.79 Å². The van der Waals surface area contributed by atoms with Crippen molar-refractivity contribution in [3.8, 4) is 0 Å². The summed E-state index contributed by atoms with van der Waals surface area (Å²) in [7, 11) is 0. The van der Waals surface area contributed by atoms with E-state index < -0.39 is 0 Å². The van der Waals surface area contributed by atoms with E-state index in [0.29, 0.717) is 11.2 Å². The van der Waals surface area contributed by atoms with E-state index in [1.807, 2.05) is 6.92 Å². The molecule has 0 fully saturated rings. The lowest BCUT2D eigenvalue weighted by Crippen LogP contribution is -2.36. The van der Waals surface area contributed by atoms with Crippen LogP contribution in [0, 0.1) is 5.92 Å². The third-order valence-electron chi connectivity index (χ3n) is 1.51. The second-order valence-corrected chi connectivity index (χ2v) is 3.29. The molecule has 0 radical (unpaired) electrons. The zero-order chi connectivity index (χ0) is 8.15. The number of alkyl halides is 1. The first-order valence-electron chi connectivity index (χ1n) is 3.43. The minimum atomic E-state index is 0.0567. The van der Waals surface area contributed by atoms with Gasteiger partial charge >= 0.3 is 0 Å². The van der Waals surface area contributed by atoms with Gasteiger partial charge in [0.1, 0.15) is 0 Å². The second kappa shape index (κ2) is 4.72. The van der Waals surface area contributed by atoms with Crippen LogP contribution in [0.25, 0.3) is 0 Å². The first-order chi connectivity index (χ1) is 4.57. The topological polar surface area (TPSA) is 29.1 Å². The minimum Gasteiger partial charge on any atom is -0.353 e.